The third kappa shape index (κ3) is 7.50. The van der Waals surface area contributed by atoms with Gasteiger partial charge >= 0.3 is 10.2 Å². The molecule has 0 aliphatic carbocycles. The van der Waals surface area contributed by atoms with Crippen molar-refractivity contribution in [2.75, 3.05) is 38.0 Å². The third-order valence-electron chi connectivity index (χ3n) is 5.56. The van der Waals surface area contributed by atoms with Gasteiger partial charge in [0.1, 0.15) is 18.4 Å². The maximum Gasteiger partial charge on any atom is 0.304 e. The number of benzene rings is 2. The van der Waals surface area contributed by atoms with Crippen molar-refractivity contribution in [3.8, 4) is 0 Å². The molecule has 2 amide bonds. The van der Waals surface area contributed by atoms with E-state index in [2.05, 4.69) is 5.32 Å². The first kappa shape index (κ1) is 28.3. The highest BCUT2D eigenvalue weighted by Gasteiger charge is 2.34. The van der Waals surface area contributed by atoms with Crippen LogP contribution in [0.15, 0.2) is 54.6 Å². The average Bonchev–Trinajstić information content (AvgIpc) is 2.84. The summed E-state index contributed by atoms with van der Waals surface area (Å²) >= 11 is 0. The number of para-hydroxylation sites is 1. The fourth-order valence-corrected chi connectivity index (χ4v) is 4.68. The van der Waals surface area contributed by atoms with E-state index in [-0.39, 0.29) is 18.1 Å². The molecule has 2 rings (SSSR count). The molecule has 0 saturated heterocycles. The van der Waals surface area contributed by atoms with E-state index in [1.165, 1.54) is 37.2 Å². The number of amides is 2. The zero-order chi connectivity index (χ0) is 26.0. The van der Waals surface area contributed by atoms with Crippen LogP contribution in [0.25, 0.3) is 0 Å². The predicted molar refractivity (Wildman–Crippen MR) is 136 cm³/mol. The Morgan fingerprint density at radius 3 is 2.20 bits per heavy atom. The van der Waals surface area contributed by atoms with Gasteiger partial charge in [0.05, 0.1) is 5.69 Å². The number of anilines is 1. The molecule has 0 aromatic heterocycles. The minimum Gasteiger partial charge on any atom is -0.354 e. The summed E-state index contributed by atoms with van der Waals surface area (Å²) in [6.45, 7) is 3.75. The van der Waals surface area contributed by atoms with Crippen molar-refractivity contribution in [1.82, 2.24) is 14.5 Å². The van der Waals surface area contributed by atoms with Crippen molar-refractivity contribution >= 4 is 27.7 Å². The van der Waals surface area contributed by atoms with Crippen LogP contribution in [-0.2, 0) is 26.2 Å². The summed E-state index contributed by atoms with van der Waals surface area (Å²) in [7, 11) is -1.57. The lowest BCUT2D eigenvalue weighted by Gasteiger charge is -2.34. The van der Waals surface area contributed by atoms with Crippen molar-refractivity contribution in [3.05, 3.63) is 66.0 Å². The summed E-state index contributed by atoms with van der Waals surface area (Å²) in [5, 5.41) is 2.83. The van der Waals surface area contributed by atoms with Gasteiger partial charge in [0, 0.05) is 27.2 Å². The molecule has 0 aliphatic heterocycles. The number of nitrogens with zero attached hydrogens (tertiary/aromatic N) is 3. The Bertz CT molecular complexity index is 1080. The van der Waals surface area contributed by atoms with E-state index in [1.807, 2.05) is 37.3 Å². The van der Waals surface area contributed by atoms with Gasteiger partial charge in [-0.2, -0.15) is 12.7 Å². The molecule has 10 heteroatoms. The van der Waals surface area contributed by atoms with Gasteiger partial charge in [-0.15, -0.1) is 0 Å². The summed E-state index contributed by atoms with van der Waals surface area (Å²) in [5.41, 5.74) is 0.738. The maximum atomic E-state index is 14.6. The Hall–Kier alpha value is -2.98. The van der Waals surface area contributed by atoms with Crippen LogP contribution in [0.3, 0.4) is 0 Å². The largest absolute Gasteiger partial charge is 0.354 e. The average molecular weight is 507 g/mol. The van der Waals surface area contributed by atoms with Crippen molar-refractivity contribution in [3.63, 3.8) is 0 Å². The van der Waals surface area contributed by atoms with Gasteiger partial charge in [-0.05, 0) is 37.0 Å². The van der Waals surface area contributed by atoms with Crippen LogP contribution in [0, 0.1) is 5.82 Å². The summed E-state index contributed by atoms with van der Waals surface area (Å²) in [5.74, 6) is -1.66. The molecule has 0 bridgehead atoms. The molecular weight excluding hydrogens is 471 g/mol. The predicted octanol–water partition coefficient (Wildman–Crippen LogP) is 2.81. The lowest BCUT2D eigenvalue weighted by molar-refractivity contribution is -0.139. The molecule has 192 valence electrons. The van der Waals surface area contributed by atoms with Gasteiger partial charge in [-0.1, -0.05) is 56.3 Å². The lowest BCUT2D eigenvalue weighted by atomic mass is 10.1. The summed E-state index contributed by atoms with van der Waals surface area (Å²) in [4.78, 5) is 27.9. The van der Waals surface area contributed by atoms with Gasteiger partial charge < -0.3 is 10.2 Å². The number of halogens is 1. The molecule has 0 heterocycles. The van der Waals surface area contributed by atoms with Gasteiger partial charge in [-0.25, -0.2) is 8.70 Å². The van der Waals surface area contributed by atoms with E-state index in [0.29, 0.717) is 19.4 Å². The summed E-state index contributed by atoms with van der Waals surface area (Å²) < 4.78 is 42.4. The van der Waals surface area contributed by atoms with Crippen LogP contribution in [0.1, 0.15) is 32.3 Å². The number of hydrogen-bond acceptors (Lipinski definition) is 4. The zero-order valence-corrected chi connectivity index (χ0v) is 21.6. The Morgan fingerprint density at radius 1 is 1.00 bits per heavy atom. The van der Waals surface area contributed by atoms with E-state index in [9.17, 15) is 22.4 Å². The zero-order valence-electron chi connectivity index (χ0n) is 20.8. The lowest BCUT2D eigenvalue weighted by Crippen LogP contribution is -2.54. The van der Waals surface area contributed by atoms with Crippen LogP contribution in [-0.4, -0.2) is 69.2 Å². The van der Waals surface area contributed by atoms with E-state index in [0.717, 1.165) is 26.7 Å². The standard InChI is InChI=1S/C25H35FN4O4S/c1-5-17-27-25(32)22(6-2)29(18-16-20-12-8-7-9-13-20)24(31)19-30(35(33,34)28(3)4)23-15-11-10-14-21(23)26/h7-15,22H,5-6,16-19H2,1-4H3,(H,27,32)/t22-/m0/s1. The quantitative estimate of drug-likeness (QED) is 0.452. The maximum absolute atomic E-state index is 14.6. The molecule has 35 heavy (non-hydrogen) atoms. The number of hydrogen-bond donors (Lipinski definition) is 1. The second kappa shape index (κ2) is 13.2. The van der Waals surface area contributed by atoms with Crippen LogP contribution in [0.4, 0.5) is 10.1 Å². The fraction of sp³-hybridized carbons (Fsp3) is 0.440. The first-order chi connectivity index (χ1) is 16.6. The van der Waals surface area contributed by atoms with E-state index >= 15 is 0 Å². The third-order valence-corrected chi connectivity index (χ3v) is 7.37. The van der Waals surface area contributed by atoms with E-state index in [4.69, 9.17) is 0 Å². The molecule has 0 saturated carbocycles. The minimum atomic E-state index is -4.20. The normalized spacial score (nSPS) is 12.3. The molecule has 2 aromatic carbocycles. The number of carbonyl (C=O) groups excluding carboxylic acids is 2. The van der Waals surface area contributed by atoms with Crippen LogP contribution in [0.2, 0.25) is 0 Å². The van der Waals surface area contributed by atoms with Gasteiger partial charge in [0.25, 0.3) is 0 Å². The number of carbonyl (C=O) groups is 2. The molecule has 1 atom stereocenters. The SMILES string of the molecule is CCCNC(=O)[C@H](CC)N(CCc1ccccc1)C(=O)CN(c1ccccc1F)S(=O)(=O)N(C)C. The second-order valence-electron chi connectivity index (χ2n) is 8.29. The molecule has 2 aromatic rings. The fourth-order valence-electron chi connectivity index (χ4n) is 3.62. The second-order valence-corrected chi connectivity index (χ2v) is 10.4. The van der Waals surface area contributed by atoms with Crippen molar-refractivity contribution in [2.45, 2.75) is 39.2 Å². The van der Waals surface area contributed by atoms with E-state index < -0.39 is 34.5 Å². The van der Waals surface area contributed by atoms with Gasteiger partial charge in [-0.3, -0.25) is 9.59 Å². The molecule has 8 nitrogen and oxygen atoms in total. The van der Waals surface area contributed by atoms with Crippen molar-refractivity contribution < 1.29 is 22.4 Å². The smallest absolute Gasteiger partial charge is 0.304 e. The molecule has 0 unspecified atom stereocenters. The van der Waals surface area contributed by atoms with Crippen LogP contribution in [0.5, 0.6) is 0 Å². The van der Waals surface area contributed by atoms with Crippen molar-refractivity contribution in [2.24, 2.45) is 0 Å². The molecule has 0 radical (unpaired) electrons. The number of rotatable bonds is 13. The molecular formula is C25H35FN4O4S. The Labute approximate surface area is 207 Å². The molecule has 1 N–H and O–H groups in total. The Balaban J connectivity index is 2.42. The highest BCUT2D eigenvalue weighted by atomic mass is 32.2. The first-order valence-corrected chi connectivity index (χ1v) is 13.1. The molecule has 0 fully saturated rings. The summed E-state index contributed by atoms with van der Waals surface area (Å²) in [6.07, 6.45) is 1.56. The van der Waals surface area contributed by atoms with Gasteiger partial charge in [0.2, 0.25) is 11.8 Å². The highest BCUT2D eigenvalue weighted by Crippen LogP contribution is 2.23. The monoisotopic (exact) mass is 506 g/mol. The number of nitrogens with one attached hydrogen (secondary N) is 1. The Kier molecular flexibility index (Phi) is 10.7. The topological polar surface area (TPSA) is 90.0 Å². The van der Waals surface area contributed by atoms with E-state index in [1.54, 1.807) is 6.92 Å². The van der Waals surface area contributed by atoms with Gasteiger partial charge in [0.15, 0.2) is 0 Å². The first-order valence-electron chi connectivity index (χ1n) is 11.7. The summed E-state index contributed by atoms with van der Waals surface area (Å²) in [6, 6.07) is 14.1. The minimum absolute atomic E-state index is 0.202. The van der Waals surface area contributed by atoms with Crippen molar-refractivity contribution in [1.29, 1.82) is 0 Å². The van der Waals surface area contributed by atoms with Crippen LogP contribution < -0.4 is 9.62 Å². The highest BCUT2D eigenvalue weighted by molar-refractivity contribution is 7.90. The Morgan fingerprint density at radius 2 is 1.63 bits per heavy atom. The van der Waals surface area contributed by atoms with Crippen LogP contribution >= 0.6 is 0 Å². The molecule has 0 aliphatic rings. The molecule has 0 spiro atoms.